The summed E-state index contributed by atoms with van der Waals surface area (Å²) in [5, 5.41) is 62.3. The monoisotopic (exact) mass is 388 g/mol. The van der Waals surface area contributed by atoms with Gasteiger partial charge in [0.05, 0.1) is 6.61 Å². The van der Waals surface area contributed by atoms with Crippen LogP contribution in [-0.2, 0) is 4.74 Å². The number of aliphatic hydroxyl groups is 4. The minimum atomic E-state index is -1.59. The predicted molar refractivity (Wildman–Crippen MR) is 99.2 cm³/mol. The number of fused-ring (bicyclic) bond motifs is 3. The molecule has 0 saturated carbocycles. The minimum absolute atomic E-state index is 0.0207. The Balaban J connectivity index is 1.76. The Bertz CT molecular complexity index is 1020. The zero-order valence-corrected chi connectivity index (χ0v) is 14.6. The fourth-order valence-corrected chi connectivity index (χ4v) is 3.48. The largest absolute Gasteiger partial charge is 0.508 e. The molecule has 1 saturated heterocycles. The second-order valence-corrected chi connectivity index (χ2v) is 6.80. The van der Waals surface area contributed by atoms with Gasteiger partial charge >= 0.3 is 0 Å². The van der Waals surface area contributed by atoms with Crippen LogP contribution in [0.5, 0.6) is 17.2 Å². The van der Waals surface area contributed by atoms with Crippen molar-refractivity contribution in [1.29, 1.82) is 0 Å². The number of hydrogen-bond donors (Lipinski definition) is 6. The molecule has 0 radical (unpaired) electrons. The molecule has 28 heavy (non-hydrogen) atoms. The number of phenols is 2. The Morgan fingerprint density at radius 3 is 2.29 bits per heavy atom. The summed E-state index contributed by atoms with van der Waals surface area (Å²) in [4.78, 5) is 0. The summed E-state index contributed by atoms with van der Waals surface area (Å²) >= 11 is 0. The number of aromatic hydroxyl groups is 2. The molecule has 0 spiro atoms. The molecule has 0 amide bonds. The van der Waals surface area contributed by atoms with Crippen LogP contribution >= 0.6 is 0 Å². The van der Waals surface area contributed by atoms with E-state index in [0.29, 0.717) is 16.2 Å². The van der Waals surface area contributed by atoms with Crippen LogP contribution in [0.3, 0.4) is 0 Å². The summed E-state index contributed by atoms with van der Waals surface area (Å²) < 4.78 is 10.9. The third-order valence-electron chi connectivity index (χ3n) is 5.01. The molecule has 0 aliphatic carbocycles. The SMILES string of the molecule is OC[C@H]1O[C@@H](Oc2ccc3ccc4ccc(O)cc4c3c2O)[C@H](O)[C@@H](O)[C@@H]1O. The average Bonchev–Trinajstić information content (AvgIpc) is 2.69. The van der Waals surface area contributed by atoms with Crippen LogP contribution in [0.1, 0.15) is 0 Å². The number of hydrogen-bond acceptors (Lipinski definition) is 8. The number of ether oxygens (including phenoxy) is 2. The number of rotatable bonds is 3. The molecule has 1 fully saturated rings. The zero-order chi connectivity index (χ0) is 20.0. The van der Waals surface area contributed by atoms with Gasteiger partial charge in [0.15, 0.2) is 11.5 Å². The molecule has 1 aliphatic rings. The second kappa shape index (κ2) is 7.08. The van der Waals surface area contributed by atoms with Crippen molar-refractivity contribution in [2.75, 3.05) is 6.61 Å². The first-order valence-electron chi connectivity index (χ1n) is 8.75. The molecule has 8 heteroatoms. The molecule has 4 rings (SSSR count). The third-order valence-corrected chi connectivity index (χ3v) is 5.01. The molecule has 0 bridgehead atoms. The van der Waals surface area contributed by atoms with Crippen molar-refractivity contribution in [2.45, 2.75) is 30.7 Å². The topological polar surface area (TPSA) is 140 Å². The highest BCUT2D eigenvalue weighted by Crippen LogP contribution is 2.40. The quantitative estimate of drug-likeness (QED) is 0.358. The van der Waals surface area contributed by atoms with Crippen molar-refractivity contribution in [3.8, 4) is 17.2 Å². The minimum Gasteiger partial charge on any atom is -0.508 e. The van der Waals surface area contributed by atoms with Crippen LogP contribution in [0.4, 0.5) is 0 Å². The summed E-state index contributed by atoms with van der Waals surface area (Å²) in [5.74, 6) is -0.210. The van der Waals surface area contributed by atoms with Crippen molar-refractivity contribution in [2.24, 2.45) is 0 Å². The van der Waals surface area contributed by atoms with Gasteiger partial charge in [0.25, 0.3) is 0 Å². The first-order valence-corrected chi connectivity index (χ1v) is 8.75. The Labute approximate surface area is 159 Å². The second-order valence-electron chi connectivity index (χ2n) is 6.80. The van der Waals surface area contributed by atoms with Crippen molar-refractivity contribution in [1.82, 2.24) is 0 Å². The molecule has 0 unspecified atom stereocenters. The van der Waals surface area contributed by atoms with Gasteiger partial charge in [0, 0.05) is 5.39 Å². The van der Waals surface area contributed by atoms with Crippen LogP contribution in [-0.4, -0.2) is 68.0 Å². The predicted octanol–water partition coefficient (Wildman–Crippen LogP) is 0.583. The van der Waals surface area contributed by atoms with Gasteiger partial charge in [-0.1, -0.05) is 24.3 Å². The molecule has 1 heterocycles. The standard InChI is InChI=1S/C20H20O8/c21-8-14-17(24)18(25)19(26)20(28-14)27-13-6-4-10-2-1-9-3-5-11(22)7-12(9)15(10)16(13)23/h1-7,14,17-26H,8H2/t14-,17-,18+,19-,20-/m1/s1. The highest BCUT2D eigenvalue weighted by Gasteiger charge is 2.45. The van der Waals surface area contributed by atoms with E-state index < -0.39 is 37.3 Å². The Morgan fingerprint density at radius 1 is 0.857 bits per heavy atom. The normalized spacial score (nSPS) is 27.9. The zero-order valence-electron chi connectivity index (χ0n) is 14.6. The molecule has 148 valence electrons. The lowest BCUT2D eigenvalue weighted by atomic mass is 9.99. The van der Waals surface area contributed by atoms with Gasteiger partial charge < -0.3 is 40.1 Å². The van der Waals surface area contributed by atoms with Crippen molar-refractivity contribution in [3.05, 3.63) is 42.5 Å². The lowest BCUT2D eigenvalue weighted by Crippen LogP contribution is -2.60. The van der Waals surface area contributed by atoms with Crippen LogP contribution in [0.2, 0.25) is 0 Å². The highest BCUT2D eigenvalue weighted by atomic mass is 16.7. The maximum atomic E-state index is 10.8. The van der Waals surface area contributed by atoms with E-state index in [-0.39, 0.29) is 17.2 Å². The van der Waals surface area contributed by atoms with E-state index in [1.165, 1.54) is 12.1 Å². The van der Waals surface area contributed by atoms with Crippen LogP contribution in [0.25, 0.3) is 21.5 Å². The van der Waals surface area contributed by atoms with E-state index in [1.807, 2.05) is 12.1 Å². The smallest absolute Gasteiger partial charge is 0.229 e. The molecule has 1 aliphatic heterocycles. The summed E-state index contributed by atoms with van der Waals surface area (Å²) in [6, 6.07) is 11.6. The van der Waals surface area contributed by atoms with Gasteiger partial charge in [-0.25, -0.2) is 0 Å². The van der Waals surface area contributed by atoms with E-state index in [2.05, 4.69) is 0 Å². The summed E-state index contributed by atoms with van der Waals surface area (Å²) in [6.45, 7) is -0.585. The lowest BCUT2D eigenvalue weighted by molar-refractivity contribution is -0.277. The molecule has 5 atom stereocenters. The number of aliphatic hydroxyl groups excluding tert-OH is 4. The fourth-order valence-electron chi connectivity index (χ4n) is 3.48. The van der Waals surface area contributed by atoms with Gasteiger partial charge in [0.1, 0.15) is 30.2 Å². The maximum Gasteiger partial charge on any atom is 0.229 e. The maximum absolute atomic E-state index is 10.8. The molecule has 3 aromatic carbocycles. The van der Waals surface area contributed by atoms with Crippen molar-refractivity contribution >= 4 is 21.5 Å². The van der Waals surface area contributed by atoms with Crippen molar-refractivity contribution in [3.63, 3.8) is 0 Å². The first kappa shape index (κ1) is 18.7. The summed E-state index contributed by atoms with van der Waals surface area (Å²) in [7, 11) is 0. The summed E-state index contributed by atoms with van der Waals surface area (Å²) in [5.41, 5.74) is 0. The van der Waals surface area contributed by atoms with Crippen LogP contribution in [0, 0.1) is 0 Å². The Morgan fingerprint density at radius 2 is 1.54 bits per heavy atom. The molecule has 3 aromatic rings. The average molecular weight is 388 g/mol. The van der Waals surface area contributed by atoms with E-state index in [4.69, 9.17) is 9.47 Å². The van der Waals surface area contributed by atoms with Crippen LogP contribution < -0.4 is 4.74 Å². The van der Waals surface area contributed by atoms with E-state index in [9.17, 15) is 30.6 Å². The summed E-state index contributed by atoms with van der Waals surface area (Å²) in [6.07, 6.45) is -7.22. The number of benzene rings is 3. The third kappa shape index (κ3) is 3.01. The van der Waals surface area contributed by atoms with Gasteiger partial charge in [-0.05, 0) is 34.4 Å². The lowest BCUT2D eigenvalue weighted by Gasteiger charge is -2.39. The van der Waals surface area contributed by atoms with E-state index in [1.54, 1.807) is 18.2 Å². The fraction of sp³-hybridized carbons (Fsp3) is 0.300. The molecular formula is C20H20O8. The van der Waals surface area contributed by atoms with Gasteiger partial charge in [-0.2, -0.15) is 0 Å². The van der Waals surface area contributed by atoms with Gasteiger partial charge in [-0.15, -0.1) is 0 Å². The molecule has 8 nitrogen and oxygen atoms in total. The van der Waals surface area contributed by atoms with Gasteiger partial charge in [-0.3, -0.25) is 0 Å². The first-order chi connectivity index (χ1) is 13.4. The highest BCUT2D eigenvalue weighted by molar-refractivity contribution is 6.11. The molecular weight excluding hydrogens is 368 g/mol. The van der Waals surface area contributed by atoms with Gasteiger partial charge in [0.2, 0.25) is 6.29 Å². The molecule has 0 aromatic heterocycles. The molecule has 6 N–H and O–H groups in total. The number of phenolic OH excluding ortho intramolecular Hbond substituents is 2. The van der Waals surface area contributed by atoms with Crippen LogP contribution in [0.15, 0.2) is 42.5 Å². The van der Waals surface area contributed by atoms with E-state index >= 15 is 0 Å². The Hall–Kier alpha value is -2.62. The van der Waals surface area contributed by atoms with E-state index in [0.717, 1.165) is 5.39 Å². The van der Waals surface area contributed by atoms with Crippen molar-refractivity contribution < 1.29 is 40.1 Å². The Kier molecular flexibility index (Phi) is 4.74.